The van der Waals surface area contributed by atoms with Crippen molar-refractivity contribution in [2.24, 2.45) is 5.73 Å². The number of carbonyl (C=O) groups excluding carboxylic acids is 6. The van der Waals surface area contributed by atoms with Gasteiger partial charge in [0.2, 0.25) is 22.0 Å². The third-order valence-corrected chi connectivity index (χ3v) is 25.6. The molecule has 3 saturated carbocycles. The molecular weight excluding hydrogens is 1840 g/mol. The minimum Gasteiger partial charge on any atom is -0.483 e. The minimum absolute atomic E-state index is 0. The van der Waals surface area contributed by atoms with E-state index in [0.29, 0.717) is 64.7 Å². The number of benzene rings is 9. The Labute approximate surface area is 809 Å². The highest BCUT2D eigenvalue weighted by Crippen LogP contribution is 2.49. The highest BCUT2D eigenvalue weighted by molar-refractivity contribution is 6.92. The fourth-order valence-electron chi connectivity index (χ4n) is 17.5. The van der Waals surface area contributed by atoms with Crippen LogP contribution in [-0.4, -0.2) is 125 Å². The number of nitrogens with two attached hydrogens (primary N) is 1. The molecule has 137 heavy (non-hydrogen) atoms. The van der Waals surface area contributed by atoms with E-state index in [1.165, 1.54) is 42.2 Å². The smallest absolute Gasteiger partial charge is 0.378 e. The van der Waals surface area contributed by atoms with Crippen LogP contribution in [0.15, 0.2) is 274 Å². The van der Waals surface area contributed by atoms with Gasteiger partial charge in [-0.3, -0.25) is 38.4 Å². The summed E-state index contributed by atoms with van der Waals surface area (Å²) in [6.07, 6.45) is 8.14. The van der Waals surface area contributed by atoms with Gasteiger partial charge in [0.25, 0.3) is 17.6 Å². The summed E-state index contributed by atoms with van der Waals surface area (Å²) in [5, 5.41) is 3.02. The molecule has 3 aliphatic carbocycles. The highest BCUT2D eigenvalue weighted by Gasteiger charge is 2.55. The number of rotatable bonds is 34. The number of pyridine rings is 2. The maximum absolute atomic E-state index is 14.5. The Morgan fingerprint density at radius 3 is 1.04 bits per heavy atom. The Hall–Kier alpha value is -12.5. The molecule has 3 fully saturated rings. The van der Waals surface area contributed by atoms with E-state index in [9.17, 15) is 56.3 Å². The Balaban J connectivity index is 0.000000162. The fourth-order valence-corrected chi connectivity index (χ4v) is 18.1. The minimum atomic E-state index is -0.882. The molecule has 3 N–H and O–H groups in total. The van der Waals surface area contributed by atoms with Crippen LogP contribution in [0.2, 0.25) is 15.1 Å². The van der Waals surface area contributed by atoms with Crippen molar-refractivity contribution in [1.29, 1.82) is 0 Å². The van der Waals surface area contributed by atoms with Crippen molar-refractivity contribution >= 4 is 79.8 Å². The summed E-state index contributed by atoms with van der Waals surface area (Å²) in [7, 11) is 5.35. The van der Waals surface area contributed by atoms with E-state index in [-0.39, 0.29) is 176 Å². The van der Waals surface area contributed by atoms with Gasteiger partial charge in [0.05, 0.1) is 82.0 Å². The number of likely N-dealkylation sites (N-methyl/N-ethyl adjacent to an activating group) is 3. The largest absolute Gasteiger partial charge is 0.483 e. The predicted molar refractivity (Wildman–Crippen MR) is 521 cm³/mol. The molecule has 0 saturated heterocycles. The summed E-state index contributed by atoms with van der Waals surface area (Å²) in [6, 6.07) is 71.3. The maximum Gasteiger partial charge on any atom is 0.378 e. The number of carbonyl (C=O) groups is 6. The standard InChI is InChI=1S/2C35H32ClFN2O5.C24H20ClFO6.C13H20N2O.H3P/c2*1-38-22-35(17-26(18-35)43-20-23-9-4-2-5-10-23)39-19-27(29(40)16-15-25-13-8-14-28(36)30(25)37)32(41)33(31(39)34(38)42)44-21-24-11-6-3-7-12-24;1-2-30-24(29)23-22(31-13-15-7-4-3-5-8-15)21(28)17(14-32-23)19(27)12-11-16-9-6-10-18(25)20(16)26;1-15-10-13(14)7-12(8-13)16-9-11-5-3-2-4-6-11;/h2*2-14,19,26H,15-18,20-22H2,1H3;3-10,14H,2,11-13H2,1H3;2-6,12,15H,7-10,14H2,1H3;1H3. The molecular formula is C107H107Cl3F3N6O17P. The van der Waals surface area contributed by atoms with Gasteiger partial charge >= 0.3 is 5.97 Å². The van der Waals surface area contributed by atoms with Crippen LogP contribution in [0.4, 0.5) is 13.2 Å². The molecule has 30 heteroatoms. The number of aromatic nitrogens is 2. The van der Waals surface area contributed by atoms with Crippen molar-refractivity contribution in [1.82, 2.24) is 24.3 Å². The molecule has 0 radical (unpaired) electrons. The van der Waals surface area contributed by atoms with E-state index in [2.05, 4.69) is 17.4 Å². The van der Waals surface area contributed by atoms with Crippen LogP contribution in [0, 0.1) is 17.5 Å². The van der Waals surface area contributed by atoms with Gasteiger partial charge in [-0.15, -0.1) is 0 Å². The number of esters is 1. The molecule has 0 bridgehead atoms. The van der Waals surface area contributed by atoms with Gasteiger partial charge in [-0.05, 0) is 140 Å². The lowest BCUT2D eigenvalue weighted by Crippen LogP contribution is -2.61. The maximum atomic E-state index is 14.5. The van der Waals surface area contributed by atoms with Gasteiger partial charge in [0.1, 0.15) is 49.1 Å². The van der Waals surface area contributed by atoms with Gasteiger partial charge in [0.15, 0.2) is 40.2 Å². The molecule has 714 valence electrons. The van der Waals surface area contributed by atoms with Gasteiger partial charge in [-0.1, -0.05) is 253 Å². The number of hydrogen-bond donors (Lipinski definition) is 2. The van der Waals surface area contributed by atoms with E-state index in [4.69, 9.17) is 78.1 Å². The summed E-state index contributed by atoms with van der Waals surface area (Å²) in [6.45, 7) is 5.01. The Morgan fingerprint density at radius 1 is 0.423 bits per heavy atom. The Morgan fingerprint density at radius 2 is 0.723 bits per heavy atom. The molecule has 2 amide bonds. The monoisotopic (exact) mass is 1940 g/mol. The van der Waals surface area contributed by atoms with Crippen molar-refractivity contribution in [2.75, 3.05) is 47.4 Å². The molecule has 12 aromatic rings. The SMILES string of the molecule is CCOC(=O)c1occ(C(=O)CCc2cccc(Cl)c2F)c(=O)c1OCc1ccccc1.CN1CC2(CC(OCc3ccccc3)C2)n2cc(C(=O)CCc3cccc(Cl)c3F)c(=O)c(OCc3ccccc3)c2C1=O.CN1CC2(CC(OCc3ccccc3)C2)n2cc(C(=O)CCc3cccc(Cl)c3F)c(=O)c(OCc3ccccc3)c2C1=O.CNCC1(N)CC(OCc2ccccc2)C1.P. The lowest BCUT2D eigenvalue weighted by molar-refractivity contribution is -0.0930. The summed E-state index contributed by atoms with van der Waals surface area (Å²) in [4.78, 5) is 123. The number of ether oxygens (including phenoxy) is 7. The van der Waals surface area contributed by atoms with Crippen LogP contribution in [-0.2, 0) is 88.9 Å². The van der Waals surface area contributed by atoms with Crippen LogP contribution in [0.1, 0.15) is 177 Å². The molecule has 3 aromatic heterocycles. The first-order valence-electron chi connectivity index (χ1n) is 44.9. The second-order valence-corrected chi connectivity index (χ2v) is 35.8. The first-order chi connectivity index (χ1) is 65.6. The van der Waals surface area contributed by atoms with Crippen molar-refractivity contribution < 1.29 is 79.5 Å². The predicted octanol–water partition coefficient (Wildman–Crippen LogP) is 18.7. The topological polar surface area (TPSA) is 286 Å². The lowest BCUT2D eigenvalue weighted by Gasteiger charge is -2.53. The van der Waals surface area contributed by atoms with Crippen molar-refractivity contribution in [3.63, 3.8) is 0 Å². The summed E-state index contributed by atoms with van der Waals surface area (Å²) < 4.78 is 92.8. The third-order valence-electron chi connectivity index (χ3n) is 24.7. The third kappa shape index (κ3) is 24.9. The fraction of sp³-hybridized carbons (Fsp3) is 0.299. The van der Waals surface area contributed by atoms with Crippen LogP contribution < -0.4 is 41.5 Å². The van der Waals surface area contributed by atoms with E-state index in [1.807, 2.05) is 153 Å². The molecule has 17 rings (SSSR count). The molecule has 1 unspecified atom stereocenters. The average Bonchev–Trinajstić information content (AvgIpc) is 0.712. The van der Waals surface area contributed by atoms with Gasteiger partial charge < -0.3 is 67.6 Å². The van der Waals surface area contributed by atoms with Gasteiger partial charge in [-0.25, -0.2) is 18.0 Å². The number of aryl methyl sites for hydroxylation is 3. The molecule has 9 aromatic carbocycles. The zero-order valence-electron chi connectivity index (χ0n) is 76.3. The molecule has 5 aliphatic rings. The van der Waals surface area contributed by atoms with E-state index in [1.54, 1.807) is 94.6 Å². The normalized spacial score (nSPS) is 18.1. The number of nitrogens with one attached hydrogen (secondary N) is 1. The zero-order chi connectivity index (χ0) is 96.2. The number of Topliss-reactive ketones (excluding diaryl/α,β-unsaturated/α-hetero) is 3. The number of hydrogen-bond acceptors (Lipinski definition) is 19. The first-order valence-corrected chi connectivity index (χ1v) is 46.0. The van der Waals surface area contributed by atoms with Crippen LogP contribution in [0.3, 0.4) is 0 Å². The molecule has 23 nitrogen and oxygen atoms in total. The number of halogens is 6. The molecule has 2 spiro atoms. The summed E-state index contributed by atoms with van der Waals surface area (Å²) in [5.74, 6) is -6.04. The van der Waals surface area contributed by atoms with Crippen molar-refractivity contribution in [2.45, 2.75) is 159 Å². The lowest BCUT2D eigenvalue weighted by atomic mass is 9.72. The summed E-state index contributed by atoms with van der Waals surface area (Å²) in [5.41, 5.74) is 9.12. The number of amides is 2. The van der Waals surface area contributed by atoms with E-state index < -0.39 is 79.6 Å². The van der Waals surface area contributed by atoms with Crippen LogP contribution in [0.25, 0.3) is 0 Å². The molecule has 1 atom stereocenters. The van der Waals surface area contributed by atoms with Gasteiger partial charge in [0, 0.05) is 70.9 Å². The van der Waals surface area contributed by atoms with E-state index in [0.717, 1.165) is 53.5 Å². The quantitative estimate of drug-likeness (QED) is 0.0215. The molecule has 2 aliphatic heterocycles. The van der Waals surface area contributed by atoms with Crippen LogP contribution >= 0.6 is 44.7 Å². The Bertz CT molecular complexity index is 6190. The second-order valence-electron chi connectivity index (χ2n) is 34.6. The second kappa shape index (κ2) is 47.1. The van der Waals surface area contributed by atoms with Gasteiger partial charge in [-0.2, -0.15) is 9.90 Å². The van der Waals surface area contributed by atoms with Crippen LogP contribution in [0.5, 0.6) is 17.2 Å². The van der Waals surface area contributed by atoms with Crippen molar-refractivity contribution in [3.05, 3.63) is 402 Å². The highest BCUT2D eigenvalue weighted by atomic mass is 35.5. The number of nitrogens with zero attached hydrogens (tertiary/aromatic N) is 4. The van der Waals surface area contributed by atoms with E-state index >= 15 is 0 Å². The Kier molecular flexibility index (Phi) is 35.0. The summed E-state index contributed by atoms with van der Waals surface area (Å²) >= 11 is 17.6. The van der Waals surface area contributed by atoms with Crippen molar-refractivity contribution in [3.8, 4) is 17.2 Å². The first kappa shape index (κ1) is 102. The average molecular weight is 1940 g/mol. The zero-order valence-corrected chi connectivity index (χ0v) is 80.0. The molecule has 5 heterocycles. The number of ketones is 3. The number of fused-ring (bicyclic) bond motifs is 4.